The second-order valence-corrected chi connectivity index (χ2v) is 14.0. The number of aromatic nitrogens is 1. The van der Waals surface area contributed by atoms with Crippen LogP contribution >= 0.6 is 0 Å². The molecule has 248 valence electrons. The van der Waals surface area contributed by atoms with Crippen molar-refractivity contribution in [2.45, 2.75) is 26.3 Å². The number of nitrogens with zero attached hydrogens (tertiary/aromatic N) is 3. The van der Waals surface area contributed by atoms with Gasteiger partial charge in [-0.25, -0.2) is 4.98 Å². The summed E-state index contributed by atoms with van der Waals surface area (Å²) in [6.45, 7) is 4.57. The van der Waals surface area contributed by atoms with Crippen molar-refractivity contribution < 1.29 is 0 Å². The van der Waals surface area contributed by atoms with Gasteiger partial charge in [0, 0.05) is 28.3 Å². The number of allylic oxidation sites excluding steroid dienone is 2. The third-order valence-corrected chi connectivity index (χ3v) is 11.0. The SMILES string of the molecule is CC1=CC(N(c2ccccn2)c2cccc3ccccc23)C2=CCc3c(C)cc(N(c4ccccc4)c4ccc5ccccc5c4)c4ccc1c2c34. The zero-order chi connectivity index (χ0) is 34.8. The van der Waals surface area contributed by atoms with Gasteiger partial charge < -0.3 is 9.80 Å². The average molecular weight is 668 g/mol. The molecule has 7 aromatic carbocycles. The molecule has 0 saturated carbocycles. The molecule has 1 aromatic heterocycles. The first-order valence-electron chi connectivity index (χ1n) is 18.1. The third kappa shape index (κ3) is 4.77. The molecule has 1 unspecified atom stereocenters. The molecule has 3 heteroatoms. The molecule has 0 saturated heterocycles. The van der Waals surface area contributed by atoms with Crippen LogP contribution in [-0.4, -0.2) is 11.0 Å². The Kier molecular flexibility index (Phi) is 7.07. The molecule has 2 aliphatic rings. The Morgan fingerprint density at radius 3 is 2.21 bits per heavy atom. The zero-order valence-corrected chi connectivity index (χ0v) is 29.3. The van der Waals surface area contributed by atoms with Gasteiger partial charge in [-0.05, 0) is 124 Å². The topological polar surface area (TPSA) is 19.4 Å². The van der Waals surface area contributed by atoms with Crippen LogP contribution in [0.3, 0.4) is 0 Å². The smallest absolute Gasteiger partial charge is 0.133 e. The number of benzene rings is 7. The zero-order valence-electron chi connectivity index (χ0n) is 29.3. The highest BCUT2D eigenvalue weighted by Gasteiger charge is 2.34. The summed E-state index contributed by atoms with van der Waals surface area (Å²) in [5.74, 6) is 0.937. The predicted octanol–water partition coefficient (Wildman–Crippen LogP) is 12.9. The fraction of sp³-hybridized carbons (Fsp3) is 0.0816. The average Bonchev–Trinajstić information content (AvgIpc) is 3.20. The summed E-state index contributed by atoms with van der Waals surface area (Å²) in [6, 6.07) is 54.9. The van der Waals surface area contributed by atoms with E-state index in [4.69, 9.17) is 4.98 Å². The summed E-state index contributed by atoms with van der Waals surface area (Å²) in [6.07, 6.45) is 7.72. The van der Waals surface area contributed by atoms with Crippen molar-refractivity contribution in [3.8, 4) is 0 Å². The molecule has 3 nitrogen and oxygen atoms in total. The summed E-state index contributed by atoms with van der Waals surface area (Å²) in [4.78, 5) is 9.87. The lowest BCUT2D eigenvalue weighted by atomic mass is 9.75. The van der Waals surface area contributed by atoms with Crippen LogP contribution in [0.5, 0.6) is 0 Å². The molecule has 0 bridgehead atoms. The van der Waals surface area contributed by atoms with E-state index in [9.17, 15) is 0 Å². The van der Waals surface area contributed by atoms with E-state index in [-0.39, 0.29) is 6.04 Å². The lowest BCUT2D eigenvalue weighted by Gasteiger charge is -2.39. The Bertz CT molecular complexity index is 2740. The number of para-hydroxylation sites is 1. The van der Waals surface area contributed by atoms with E-state index < -0.39 is 0 Å². The van der Waals surface area contributed by atoms with Gasteiger partial charge in [-0.3, -0.25) is 0 Å². The maximum Gasteiger partial charge on any atom is 0.133 e. The summed E-state index contributed by atoms with van der Waals surface area (Å²) < 4.78 is 0. The maximum atomic E-state index is 4.97. The second-order valence-electron chi connectivity index (χ2n) is 14.0. The third-order valence-electron chi connectivity index (χ3n) is 11.0. The second kappa shape index (κ2) is 12.1. The standard InChI is InChI=1S/C49H37N3/c1-32-29-45(51(37-17-4-3-5-18-37)38-23-22-34-13-6-7-15-36(34)31-38)42-26-24-40-33(2)30-46(43-27-25-39(32)48(42)49(40)43)52(47-21-10-11-28-50-47)44-20-12-16-35-14-8-9-19-41(35)44/h3-24,26-31,46H,25H2,1-2H3. The van der Waals surface area contributed by atoms with E-state index in [1.807, 2.05) is 12.3 Å². The van der Waals surface area contributed by atoms with Crippen molar-refractivity contribution in [2.75, 3.05) is 9.80 Å². The molecular weight excluding hydrogens is 631 g/mol. The van der Waals surface area contributed by atoms with E-state index in [1.54, 1.807) is 0 Å². The van der Waals surface area contributed by atoms with E-state index in [1.165, 1.54) is 71.4 Å². The number of pyridine rings is 1. The summed E-state index contributed by atoms with van der Waals surface area (Å²) in [5, 5.41) is 7.54. The molecule has 0 spiro atoms. The van der Waals surface area contributed by atoms with Crippen molar-refractivity contribution in [1.82, 2.24) is 4.98 Å². The highest BCUT2D eigenvalue weighted by atomic mass is 15.2. The van der Waals surface area contributed by atoms with Gasteiger partial charge in [0.05, 0.1) is 17.4 Å². The number of hydrogen-bond acceptors (Lipinski definition) is 3. The Morgan fingerprint density at radius 1 is 0.596 bits per heavy atom. The van der Waals surface area contributed by atoms with Crippen LogP contribution in [0.2, 0.25) is 0 Å². The van der Waals surface area contributed by atoms with E-state index in [2.05, 4.69) is 181 Å². The van der Waals surface area contributed by atoms with Crippen LogP contribution in [-0.2, 0) is 6.42 Å². The van der Waals surface area contributed by atoms with Crippen molar-refractivity contribution in [1.29, 1.82) is 0 Å². The Morgan fingerprint density at radius 2 is 1.37 bits per heavy atom. The van der Waals surface area contributed by atoms with Crippen LogP contribution in [0.25, 0.3) is 43.5 Å². The normalized spacial score (nSPS) is 14.7. The van der Waals surface area contributed by atoms with Crippen LogP contribution in [0.1, 0.15) is 29.2 Å². The highest BCUT2D eigenvalue weighted by molar-refractivity contribution is 6.12. The van der Waals surface area contributed by atoms with Crippen molar-refractivity contribution in [3.63, 3.8) is 0 Å². The lowest BCUT2D eigenvalue weighted by Crippen LogP contribution is -2.34. The van der Waals surface area contributed by atoms with Gasteiger partial charge in [-0.2, -0.15) is 0 Å². The van der Waals surface area contributed by atoms with E-state index >= 15 is 0 Å². The minimum absolute atomic E-state index is 0.0402. The largest absolute Gasteiger partial charge is 0.315 e. The number of anilines is 5. The number of aryl methyl sites for hydroxylation is 1. The molecular formula is C49H37N3. The molecule has 8 aromatic rings. The minimum atomic E-state index is -0.0402. The van der Waals surface area contributed by atoms with E-state index in [0.717, 1.165) is 29.3 Å². The van der Waals surface area contributed by atoms with Gasteiger partial charge in [0.15, 0.2) is 0 Å². The van der Waals surface area contributed by atoms with Gasteiger partial charge >= 0.3 is 0 Å². The van der Waals surface area contributed by atoms with Crippen LogP contribution in [0.15, 0.2) is 170 Å². The Hall–Kier alpha value is -6.45. The van der Waals surface area contributed by atoms with E-state index in [0.29, 0.717) is 0 Å². The van der Waals surface area contributed by atoms with Gasteiger partial charge in [-0.15, -0.1) is 0 Å². The maximum absolute atomic E-state index is 4.97. The molecule has 0 radical (unpaired) electrons. The van der Waals surface area contributed by atoms with Gasteiger partial charge in [0.2, 0.25) is 0 Å². The van der Waals surface area contributed by atoms with Crippen LogP contribution in [0.4, 0.5) is 28.6 Å². The highest BCUT2D eigenvalue weighted by Crippen LogP contribution is 2.51. The first kappa shape index (κ1) is 30.4. The molecule has 0 aliphatic heterocycles. The molecule has 52 heavy (non-hydrogen) atoms. The Balaban J connectivity index is 1.21. The molecule has 10 rings (SSSR count). The number of hydrogen-bond donors (Lipinski definition) is 0. The summed E-state index contributed by atoms with van der Waals surface area (Å²) in [5.41, 5.74) is 12.6. The molecule has 1 atom stereocenters. The van der Waals surface area contributed by atoms with Crippen LogP contribution in [0, 0.1) is 6.92 Å². The Labute approximate surface area is 304 Å². The van der Waals surface area contributed by atoms with Crippen molar-refractivity contribution >= 4 is 72.0 Å². The summed E-state index contributed by atoms with van der Waals surface area (Å²) in [7, 11) is 0. The quantitative estimate of drug-likeness (QED) is 0.176. The van der Waals surface area contributed by atoms with Crippen molar-refractivity contribution in [3.05, 3.63) is 192 Å². The monoisotopic (exact) mass is 667 g/mol. The predicted molar refractivity (Wildman–Crippen MR) is 220 cm³/mol. The molecule has 0 N–H and O–H groups in total. The van der Waals surface area contributed by atoms with Gasteiger partial charge in [0.1, 0.15) is 5.82 Å². The van der Waals surface area contributed by atoms with Crippen LogP contribution < -0.4 is 9.80 Å². The van der Waals surface area contributed by atoms with Gasteiger partial charge in [-0.1, -0.05) is 115 Å². The van der Waals surface area contributed by atoms with Crippen molar-refractivity contribution in [2.24, 2.45) is 0 Å². The minimum Gasteiger partial charge on any atom is -0.315 e. The number of rotatable bonds is 6. The molecule has 1 heterocycles. The summed E-state index contributed by atoms with van der Waals surface area (Å²) >= 11 is 0. The molecule has 2 aliphatic carbocycles. The van der Waals surface area contributed by atoms with Gasteiger partial charge in [0.25, 0.3) is 0 Å². The molecule has 0 amide bonds. The fourth-order valence-corrected chi connectivity index (χ4v) is 8.64. The number of fused-ring (bicyclic) bond motifs is 2. The molecule has 0 fully saturated rings. The fourth-order valence-electron chi connectivity index (χ4n) is 8.64. The first-order valence-corrected chi connectivity index (χ1v) is 18.1. The lowest BCUT2D eigenvalue weighted by molar-refractivity contribution is 0.925. The first-order chi connectivity index (χ1) is 25.6.